The number of halogens is 3. The minimum Gasteiger partial charge on any atom is -0.340 e. The monoisotopic (exact) mass is 325 g/mol. The van der Waals surface area contributed by atoms with E-state index in [0.717, 1.165) is 19.9 Å². The molecular weight excluding hydrogens is 316 g/mol. The van der Waals surface area contributed by atoms with Crippen LogP contribution in [0.15, 0.2) is 47.3 Å². The third-order valence-electron chi connectivity index (χ3n) is 3.03. The van der Waals surface area contributed by atoms with Crippen molar-refractivity contribution in [3.8, 4) is 0 Å². The Bertz CT molecular complexity index is 718. The number of aromatic nitrogens is 3. The van der Waals surface area contributed by atoms with Crippen molar-refractivity contribution in [3.63, 3.8) is 0 Å². The third kappa shape index (κ3) is 2.16. The quantitative estimate of drug-likeness (QED) is 0.712. The largest absolute Gasteiger partial charge is 0.340 e. The molecule has 0 saturated carbocycles. The van der Waals surface area contributed by atoms with E-state index in [1.807, 2.05) is 35.0 Å². The molecule has 2 aromatic heterocycles. The van der Waals surface area contributed by atoms with Gasteiger partial charge in [-0.05, 0) is 18.2 Å². The second kappa shape index (κ2) is 4.77. The normalized spacial score (nSPS) is 11.6. The average Bonchev–Trinajstić information content (AvgIpc) is 2.98. The highest BCUT2D eigenvalue weighted by Crippen LogP contribution is 2.25. The molecule has 6 heteroatoms. The molecule has 3 rings (SSSR count). The standard InChI is InChI=1S/C13H10BrF2N3/c14-10-2-1-3-11-9(10)4-6-18(11)8-12-17-5-7-19(12)13(15)16/h1-7,13H,8H2. The van der Waals surface area contributed by atoms with E-state index < -0.39 is 6.55 Å². The Labute approximate surface area is 116 Å². The van der Waals surface area contributed by atoms with Gasteiger partial charge in [0, 0.05) is 34.0 Å². The van der Waals surface area contributed by atoms with Crippen molar-refractivity contribution < 1.29 is 8.78 Å². The summed E-state index contributed by atoms with van der Waals surface area (Å²) in [6.07, 6.45) is 4.56. The molecule has 2 heterocycles. The molecule has 19 heavy (non-hydrogen) atoms. The van der Waals surface area contributed by atoms with Crippen molar-refractivity contribution in [2.24, 2.45) is 0 Å². The summed E-state index contributed by atoms with van der Waals surface area (Å²) >= 11 is 3.47. The lowest BCUT2D eigenvalue weighted by Crippen LogP contribution is -2.08. The molecule has 0 saturated heterocycles. The Balaban J connectivity index is 2.02. The fourth-order valence-corrected chi connectivity index (χ4v) is 2.61. The number of imidazole rings is 1. The van der Waals surface area contributed by atoms with Gasteiger partial charge in [0.1, 0.15) is 5.82 Å². The second-order valence-corrected chi connectivity index (χ2v) is 5.00. The van der Waals surface area contributed by atoms with E-state index in [2.05, 4.69) is 20.9 Å². The number of nitrogens with zero attached hydrogens (tertiary/aromatic N) is 3. The molecule has 0 fully saturated rings. The highest BCUT2D eigenvalue weighted by molar-refractivity contribution is 9.10. The zero-order valence-corrected chi connectivity index (χ0v) is 11.4. The number of benzene rings is 1. The van der Waals surface area contributed by atoms with Crippen LogP contribution in [0.1, 0.15) is 12.4 Å². The molecule has 0 spiro atoms. The fraction of sp³-hybridized carbons (Fsp3) is 0.154. The van der Waals surface area contributed by atoms with Crippen LogP contribution in [0.3, 0.4) is 0 Å². The molecule has 0 unspecified atom stereocenters. The van der Waals surface area contributed by atoms with Crippen LogP contribution >= 0.6 is 15.9 Å². The first-order chi connectivity index (χ1) is 9.16. The number of rotatable bonds is 3. The van der Waals surface area contributed by atoms with Gasteiger partial charge in [-0.3, -0.25) is 4.57 Å². The van der Waals surface area contributed by atoms with Crippen molar-refractivity contribution in [2.45, 2.75) is 13.1 Å². The van der Waals surface area contributed by atoms with Crippen LogP contribution in [-0.4, -0.2) is 14.1 Å². The molecule has 98 valence electrons. The van der Waals surface area contributed by atoms with E-state index in [9.17, 15) is 8.78 Å². The number of alkyl halides is 2. The molecular formula is C13H10BrF2N3. The highest BCUT2D eigenvalue weighted by atomic mass is 79.9. The summed E-state index contributed by atoms with van der Waals surface area (Å²) in [6.45, 7) is -2.25. The molecule has 3 aromatic rings. The van der Waals surface area contributed by atoms with E-state index in [4.69, 9.17) is 0 Å². The Hall–Kier alpha value is -1.69. The van der Waals surface area contributed by atoms with Crippen LogP contribution in [0.25, 0.3) is 10.9 Å². The summed E-state index contributed by atoms with van der Waals surface area (Å²) < 4.78 is 29.3. The fourth-order valence-electron chi connectivity index (χ4n) is 2.12. The zero-order valence-electron chi connectivity index (χ0n) is 9.80. The molecule has 0 aliphatic rings. The first kappa shape index (κ1) is 12.3. The summed E-state index contributed by atoms with van der Waals surface area (Å²) in [5.41, 5.74) is 0.984. The van der Waals surface area contributed by atoms with Gasteiger partial charge in [-0.2, -0.15) is 8.78 Å². The highest BCUT2D eigenvalue weighted by Gasteiger charge is 2.12. The predicted molar refractivity (Wildman–Crippen MR) is 72.2 cm³/mol. The molecule has 0 amide bonds. The van der Waals surface area contributed by atoms with E-state index in [0.29, 0.717) is 12.4 Å². The summed E-state index contributed by atoms with van der Waals surface area (Å²) in [5.74, 6) is 0.340. The van der Waals surface area contributed by atoms with Gasteiger partial charge in [-0.1, -0.05) is 22.0 Å². The number of hydrogen-bond donors (Lipinski definition) is 0. The van der Waals surface area contributed by atoms with Gasteiger partial charge in [0.05, 0.1) is 6.54 Å². The second-order valence-electron chi connectivity index (χ2n) is 4.14. The lowest BCUT2D eigenvalue weighted by Gasteiger charge is -2.08. The topological polar surface area (TPSA) is 22.8 Å². The Morgan fingerprint density at radius 3 is 2.84 bits per heavy atom. The lowest BCUT2D eigenvalue weighted by atomic mass is 10.2. The maximum atomic E-state index is 12.8. The van der Waals surface area contributed by atoms with Gasteiger partial charge >= 0.3 is 6.55 Å². The molecule has 0 aliphatic heterocycles. The first-order valence-electron chi connectivity index (χ1n) is 5.70. The summed E-state index contributed by atoms with van der Waals surface area (Å²) in [5, 5.41) is 1.05. The van der Waals surface area contributed by atoms with Crippen LogP contribution < -0.4 is 0 Å². The molecule has 3 nitrogen and oxygen atoms in total. The van der Waals surface area contributed by atoms with Gasteiger partial charge in [0.2, 0.25) is 0 Å². The van der Waals surface area contributed by atoms with Crippen LogP contribution in [0.5, 0.6) is 0 Å². The van der Waals surface area contributed by atoms with Gasteiger partial charge < -0.3 is 4.57 Å². The van der Waals surface area contributed by atoms with E-state index in [-0.39, 0.29) is 0 Å². The summed E-state index contributed by atoms with van der Waals surface area (Å²) in [6, 6.07) is 7.78. The number of fused-ring (bicyclic) bond motifs is 1. The summed E-state index contributed by atoms with van der Waals surface area (Å²) in [7, 11) is 0. The Morgan fingerprint density at radius 2 is 2.05 bits per heavy atom. The molecule has 1 aromatic carbocycles. The van der Waals surface area contributed by atoms with Crippen LogP contribution in [0.2, 0.25) is 0 Å². The maximum Gasteiger partial charge on any atom is 0.319 e. The predicted octanol–water partition coefficient (Wildman–Crippen LogP) is 4.04. The van der Waals surface area contributed by atoms with Crippen molar-refractivity contribution in [1.82, 2.24) is 14.1 Å². The van der Waals surface area contributed by atoms with Crippen LogP contribution in [0.4, 0.5) is 8.78 Å². The first-order valence-corrected chi connectivity index (χ1v) is 6.49. The van der Waals surface area contributed by atoms with Gasteiger partial charge in [-0.25, -0.2) is 4.98 Å². The lowest BCUT2D eigenvalue weighted by molar-refractivity contribution is 0.0667. The average molecular weight is 326 g/mol. The van der Waals surface area contributed by atoms with Gasteiger partial charge in [-0.15, -0.1) is 0 Å². The molecule has 0 bridgehead atoms. The van der Waals surface area contributed by atoms with Gasteiger partial charge in [0.15, 0.2) is 0 Å². The van der Waals surface area contributed by atoms with Crippen molar-refractivity contribution >= 4 is 26.8 Å². The smallest absolute Gasteiger partial charge is 0.319 e. The van der Waals surface area contributed by atoms with E-state index in [1.54, 1.807) is 0 Å². The minimum absolute atomic E-state index is 0.317. The third-order valence-corrected chi connectivity index (χ3v) is 3.72. The minimum atomic E-state index is -2.56. The SMILES string of the molecule is FC(F)n1ccnc1Cn1ccc2c(Br)cccc21. The number of hydrogen-bond acceptors (Lipinski definition) is 1. The molecule has 0 N–H and O–H groups in total. The van der Waals surface area contributed by atoms with Crippen molar-refractivity contribution in [2.75, 3.05) is 0 Å². The van der Waals surface area contributed by atoms with Crippen LogP contribution in [-0.2, 0) is 6.54 Å². The van der Waals surface area contributed by atoms with Crippen molar-refractivity contribution in [3.05, 3.63) is 53.2 Å². The zero-order chi connectivity index (χ0) is 13.4. The van der Waals surface area contributed by atoms with E-state index >= 15 is 0 Å². The maximum absolute atomic E-state index is 12.8. The van der Waals surface area contributed by atoms with Crippen LogP contribution in [0, 0.1) is 0 Å². The molecule has 0 radical (unpaired) electrons. The van der Waals surface area contributed by atoms with Gasteiger partial charge in [0.25, 0.3) is 0 Å². The Kier molecular flexibility index (Phi) is 3.10. The van der Waals surface area contributed by atoms with E-state index in [1.165, 1.54) is 12.4 Å². The van der Waals surface area contributed by atoms with Crippen molar-refractivity contribution in [1.29, 1.82) is 0 Å². The molecule has 0 aliphatic carbocycles. The Morgan fingerprint density at radius 1 is 1.21 bits per heavy atom. The summed E-state index contributed by atoms with van der Waals surface area (Å²) in [4.78, 5) is 3.99. The molecule has 0 atom stereocenters.